The van der Waals surface area contributed by atoms with Crippen LogP contribution in [0.4, 0.5) is 4.39 Å². The Balaban J connectivity index is 2.34. The van der Waals surface area contributed by atoms with Crippen molar-refractivity contribution >= 4 is 11.8 Å². The fourth-order valence-corrected chi connectivity index (χ4v) is 1.83. The summed E-state index contributed by atoms with van der Waals surface area (Å²) in [6, 6.07) is 6.49. The van der Waals surface area contributed by atoms with Crippen LogP contribution in [0.2, 0.25) is 0 Å². The van der Waals surface area contributed by atoms with Crippen molar-refractivity contribution in [3.05, 3.63) is 35.6 Å². The minimum atomic E-state index is -0.291. The van der Waals surface area contributed by atoms with E-state index in [4.69, 9.17) is 0 Å². The standard InChI is InChI=1S/C15H22FN3O2/c1-11(2)18-14(20)8-17-15(21)10-19(3)9-12-6-4-5-7-13(12)16/h4-7,11H,8-10H2,1-3H3,(H,17,21)(H,18,20). The molecule has 0 aliphatic heterocycles. The maximum Gasteiger partial charge on any atom is 0.239 e. The molecule has 0 aliphatic carbocycles. The highest BCUT2D eigenvalue weighted by Crippen LogP contribution is 2.08. The minimum Gasteiger partial charge on any atom is -0.352 e. The summed E-state index contributed by atoms with van der Waals surface area (Å²) in [7, 11) is 1.72. The quantitative estimate of drug-likeness (QED) is 0.785. The number of nitrogens with one attached hydrogen (secondary N) is 2. The van der Waals surface area contributed by atoms with Gasteiger partial charge in [0.25, 0.3) is 0 Å². The second kappa shape index (κ2) is 8.36. The lowest BCUT2D eigenvalue weighted by atomic mass is 10.2. The molecule has 0 aliphatic rings. The van der Waals surface area contributed by atoms with E-state index >= 15 is 0 Å². The van der Waals surface area contributed by atoms with Crippen LogP contribution >= 0.6 is 0 Å². The molecule has 0 bridgehead atoms. The molecular formula is C15H22FN3O2. The number of benzene rings is 1. The SMILES string of the molecule is CC(C)NC(=O)CNC(=O)CN(C)Cc1ccccc1F. The number of carbonyl (C=O) groups is 2. The summed E-state index contributed by atoms with van der Waals surface area (Å²) in [5, 5.41) is 5.21. The van der Waals surface area contributed by atoms with Crippen molar-refractivity contribution in [3.8, 4) is 0 Å². The fraction of sp³-hybridized carbons (Fsp3) is 0.467. The summed E-state index contributed by atoms with van der Waals surface area (Å²) in [6.07, 6.45) is 0. The van der Waals surface area contributed by atoms with Gasteiger partial charge >= 0.3 is 0 Å². The van der Waals surface area contributed by atoms with Gasteiger partial charge in [0, 0.05) is 18.2 Å². The molecule has 0 aromatic heterocycles. The van der Waals surface area contributed by atoms with Gasteiger partial charge in [-0.25, -0.2) is 4.39 Å². The molecule has 5 nitrogen and oxygen atoms in total. The second-order valence-electron chi connectivity index (χ2n) is 5.26. The zero-order valence-corrected chi connectivity index (χ0v) is 12.6. The largest absolute Gasteiger partial charge is 0.352 e. The summed E-state index contributed by atoms with van der Waals surface area (Å²) in [6.45, 7) is 4.08. The Kier molecular flexibility index (Phi) is 6.81. The van der Waals surface area contributed by atoms with E-state index in [0.717, 1.165) is 0 Å². The summed E-state index contributed by atoms with van der Waals surface area (Å²) in [4.78, 5) is 24.8. The van der Waals surface area contributed by atoms with Crippen LogP contribution in [0.5, 0.6) is 0 Å². The third-order valence-corrected chi connectivity index (χ3v) is 2.71. The van der Waals surface area contributed by atoms with Crippen LogP contribution in [0, 0.1) is 5.82 Å². The van der Waals surface area contributed by atoms with Crippen molar-refractivity contribution in [2.24, 2.45) is 0 Å². The first-order valence-corrected chi connectivity index (χ1v) is 6.86. The van der Waals surface area contributed by atoms with Crippen molar-refractivity contribution in [1.29, 1.82) is 0 Å². The van der Waals surface area contributed by atoms with E-state index in [9.17, 15) is 14.0 Å². The Bertz CT molecular complexity index is 492. The highest BCUT2D eigenvalue weighted by Gasteiger charge is 2.11. The Labute approximate surface area is 124 Å². The molecule has 0 fully saturated rings. The molecular weight excluding hydrogens is 273 g/mol. The molecule has 0 saturated heterocycles. The topological polar surface area (TPSA) is 61.4 Å². The van der Waals surface area contributed by atoms with Gasteiger partial charge in [0.2, 0.25) is 11.8 Å². The number of nitrogens with zero attached hydrogens (tertiary/aromatic N) is 1. The Morgan fingerprint density at radius 3 is 2.52 bits per heavy atom. The van der Waals surface area contributed by atoms with E-state index in [1.165, 1.54) is 6.07 Å². The molecule has 0 saturated carbocycles. The predicted molar refractivity (Wildman–Crippen MR) is 79.0 cm³/mol. The first kappa shape index (κ1) is 17.1. The first-order chi connectivity index (χ1) is 9.88. The van der Waals surface area contributed by atoms with E-state index in [1.807, 2.05) is 13.8 Å². The molecule has 0 unspecified atom stereocenters. The predicted octanol–water partition coefficient (Wildman–Crippen LogP) is 0.898. The van der Waals surface area contributed by atoms with Crippen LogP contribution in [0.3, 0.4) is 0 Å². The number of amides is 2. The van der Waals surface area contributed by atoms with E-state index in [-0.39, 0.29) is 36.8 Å². The van der Waals surface area contributed by atoms with Crippen molar-refractivity contribution in [2.45, 2.75) is 26.4 Å². The third kappa shape index (κ3) is 6.85. The molecule has 0 heterocycles. The highest BCUT2D eigenvalue weighted by atomic mass is 19.1. The molecule has 1 rings (SSSR count). The average Bonchev–Trinajstić information content (AvgIpc) is 2.38. The monoisotopic (exact) mass is 295 g/mol. The summed E-state index contributed by atoms with van der Waals surface area (Å²) in [5.74, 6) is -0.788. The van der Waals surface area contributed by atoms with E-state index in [0.29, 0.717) is 12.1 Å². The van der Waals surface area contributed by atoms with Gasteiger partial charge in [0.1, 0.15) is 5.82 Å². The van der Waals surface area contributed by atoms with Gasteiger partial charge < -0.3 is 10.6 Å². The summed E-state index contributed by atoms with van der Waals surface area (Å²) < 4.78 is 13.5. The van der Waals surface area contributed by atoms with Gasteiger partial charge in [-0.1, -0.05) is 18.2 Å². The molecule has 2 N–H and O–H groups in total. The zero-order chi connectivity index (χ0) is 15.8. The third-order valence-electron chi connectivity index (χ3n) is 2.71. The van der Waals surface area contributed by atoms with Gasteiger partial charge in [-0.2, -0.15) is 0 Å². The van der Waals surface area contributed by atoms with E-state index < -0.39 is 0 Å². The molecule has 0 atom stereocenters. The van der Waals surface area contributed by atoms with Crippen LogP contribution in [-0.2, 0) is 16.1 Å². The highest BCUT2D eigenvalue weighted by molar-refractivity contribution is 5.85. The number of rotatable bonds is 7. The van der Waals surface area contributed by atoms with E-state index in [2.05, 4.69) is 10.6 Å². The van der Waals surface area contributed by atoms with Gasteiger partial charge in [-0.05, 0) is 27.0 Å². The van der Waals surface area contributed by atoms with Gasteiger partial charge in [0.05, 0.1) is 13.1 Å². The molecule has 116 valence electrons. The number of likely N-dealkylation sites (N-methyl/N-ethyl adjacent to an activating group) is 1. The summed E-state index contributed by atoms with van der Waals surface area (Å²) >= 11 is 0. The normalized spacial score (nSPS) is 10.8. The molecule has 6 heteroatoms. The number of hydrogen-bond acceptors (Lipinski definition) is 3. The zero-order valence-electron chi connectivity index (χ0n) is 12.6. The van der Waals surface area contributed by atoms with Crippen molar-refractivity contribution < 1.29 is 14.0 Å². The number of carbonyl (C=O) groups excluding carboxylic acids is 2. The lowest BCUT2D eigenvalue weighted by molar-refractivity contribution is -0.126. The van der Waals surface area contributed by atoms with Gasteiger partial charge in [0.15, 0.2) is 0 Å². The Morgan fingerprint density at radius 2 is 1.90 bits per heavy atom. The van der Waals surface area contributed by atoms with Crippen LogP contribution < -0.4 is 10.6 Å². The van der Waals surface area contributed by atoms with Crippen LogP contribution in [0.1, 0.15) is 19.4 Å². The molecule has 1 aromatic rings. The van der Waals surface area contributed by atoms with Crippen molar-refractivity contribution in [2.75, 3.05) is 20.1 Å². The molecule has 0 radical (unpaired) electrons. The van der Waals surface area contributed by atoms with Crippen molar-refractivity contribution in [1.82, 2.24) is 15.5 Å². The fourth-order valence-electron chi connectivity index (χ4n) is 1.83. The average molecular weight is 295 g/mol. The smallest absolute Gasteiger partial charge is 0.239 e. The molecule has 21 heavy (non-hydrogen) atoms. The maximum absolute atomic E-state index is 13.5. The molecule has 2 amide bonds. The molecule has 1 aromatic carbocycles. The minimum absolute atomic E-state index is 0.0399. The van der Waals surface area contributed by atoms with E-state index in [1.54, 1.807) is 30.1 Å². The lowest BCUT2D eigenvalue weighted by Gasteiger charge is -2.17. The summed E-state index contributed by atoms with van der Waals surface area (Å²) in [5.41, 5.74) is 0.533. The Morgan fingerprint density at radius 1 is 1.24 bits per heavy atom. The Hall–Kier alpha value is -1.95. The molecule has 0 spiro atoms. The second-order valence-corrected chi connectivity index (χ2v) is 5.26. The lowest BCUT2D eigenvalue weighted by Crippen LogP contribution is -2.42. The van der Waals surface area contributed by atoms with Crippen LogP contribution in [0.15, 0.2) is 24.3 Å². The first-order valence-electron chi connectivity index (χ1n) is 6.86. The van der Waals surface area contributed by atoms with Crippen LogP contribution in [0.25, 0.3) is 0 Å². The van der Waals surface area contributed by atoms with Crippen LogP contribution in [-0.4, -0.2) is 42.9 Å². The van der Waals surface area contributed by atoms with Gasteiger partial charge in [-0.15, -0.1) is 0 Å². The maximum atomic E-state index is 13.5. The number of halogens is 1. The van der Waals surface area contributed by atoms with Crippen molar-refractivity contribution in [3.63, 3.8) is 0 Å². The number of hydrogen-bond donors (Lipinski definition) is 2. The van der Waals surface area contributed by atoms with Gasteiger partial charge in [-0.3, -0.25) is 14.5 Å².